The quantitative estimate of drug-likeness (QED) is 0.113. The van der Waals surface area contributed by atoms with Crippen molar-refractivity contribution in [2.75, 3.05) is 47.0 Å². The lowest BCUT2D eigenvalue weighted by molar-refractivity contribution is -0.140. The van der Waals surface area contributed by atoms with Crippen LogP contribution in [0.2, 0.25) is 5.02 Å². The molecule has 0 N–H and O–H groups in total. The van der Waals surface area contributed by atoms with Crippen LogP contribution in [0.1, 0.15) is 81.2 Å². The minimum Gasteiger partial charge on any atom is -0.493 e. The molecule has 5 rings (SSSR count). The smallest absolute Gasteiger partial charge is 0.305 e. The summed E-state index contributed by atoms with van der Waals surface area (Å²) in [6.07, 6.45) is 5.11. The molecule has 0 amide bonds. The standard InChI is InChI=1S/C39H51ClN2O5/c1-7-45-36-25-37(33(40)24-28(36)26-41(5)20-10-16-38(43)44-6)47-35-18-17-31-30(13-8-14-32(31)35)29-12-9-15-34(27(29)2)46-23-11-21-42-22-19-39(42,3)4/h8-9,12-15,24-25,35H,7,10-11,16-23,26H2,1-6H3/t35-/m0/s1. The largest absolute Gasteiger partial charge is 0.493 e. The van der Waals surface area contributed by atoms with Crippen molar-refractivity contribution in [2.24, 2.45) is 0 Å². The van der Waals surface area contributed by atoms with E-state index in [-0.39, 0.29) is 12.1 Å². The van der Waals surface area contributed by atoms with Gasteiger partial charge in [-0.1, -0.05) is 41.9 Å². The zero-order valence-electron chi connectivity index (χ0n) is 29.0. The van der Waals surface area contributed by atoms with E-state index in [1.165, 1.54) is 47.9 Å². The molecule has 2 aliphatic rings. The number of esters is 1. The second-order valence-corrected chi connectivity index (χ2v) is 13.8. The summed E-state index contributed by atoms with van der Waals surface area (Å²) < 4.78 is 23.8. The van der Waals surface area contributed by atoms with Gasteiger partial charge in [0.1, 0.15) is 23.4 Å². The molecular formula is C39H51ClN2O5. The summed E-state index contributed by atoms with van der Waals surface area (Å²) >= 11 is 6.84. The number of rotatable bonds is 16. The number of ether oxygens (including phenoxy) is 4. The molecule has 8 heteroatoms. The second kappa shape index (κ2) is 15.8. The molecule has 0 aromatic heterocycles. The molecule has 3 aromatic rings. The normalized spacial score (nSPS) is 16.9. The van der Waals surface area contributed by atoms with Crippen LogP contribution in [0.15, 0.2) is 48.5 Å². The van der Waals surface area contributed by atoms with Crippen LogP contribution < -0.4 is 14.2 Å². The highest BCUT2D eigenvalue weighted by atomic mass is 35.5. The fraction of sp³-hybridized carbons (Fsp3) is 0.513. The third-order valence-electron chi connectivity index (χ3n) is 9.74. The average Bonchev–Trinajstić information content (AvgIpc) is 3.46. The highest BCUT2D eigenvalue weighted by Crippen LogP contribution is 2.44. The first-order chi connectivity index (χ1) is 22.6. The van der Waals surface area contributed by atoms with Gasteiger partial charge in [0.2, 0.25) is 0 Å². The molecule has 7 nitrogen and oxygen atoms in total. The number of nitrogens with zero attached hydrogens (tertiary/aromatic N) is 2. The summed E-state index contributed by atoms with van der Waals surface area (Å²) in [6, 6.07) is 16.8. The molecule has 1 saturated heterocycles. The number of fused-ring (bicyclic) bond motifs is 1. The number of carbonyl (C=O) groups excluding carboxylic acids is 1. The Morgan fingerprint density at radius 1 is 1.04 bits per heavy atom. The van der Waals surface area contributed by atoms with Crippen LogP contribution in [-0.4, -0.2) is 68.3 Å². The molecule has 0 bridgehead atoms. The van der Waals surface area contributed by atoms with Crippen LogP contribution in [0.4, 0.5) is 0 Å². The monoisotopic (exact) mass is 662 g/mol. The number of halogens is 1. The molecule has 1 fully saturated rings. The highest BCUT2D eigenvalue weighted by molar-refractivity contribution is 6.32. The average molecular weight is 663 g/mol. The number of carbonyl (C=O) groups is 1. The van der Waals surface area contributed by atoms with Crippen molar-refractivity contribution in [1.82, 2.24) is 9.80 Å². The molecule has 0 unspecified atom stereocenters. The van der Waals surface area contributed by atoms with E-state index in [1.54, 1.807) is 0 Å². The van der Waals surface area contributed by atoms with Crippen LogP contribution in [0.3, 0.4) is 0 Å². The van der Waals surface area contributed by atoms with Gasteiger partial charge in [-0.25, -0.2) is 0 Å². The van der Waals surface area contributed by atoms with E-state index in [2.05, 4.69) is 67.0 Å². The zero-order valence-corrected chi connectivity index (χ0v) is 29.8. The number of likely N-dealkylation sites (tertiary alicyclic amines) is 1. The molecule has 1 aliphatic carbocycles. The Kier molecular flexibility index (Phi) is 11.8. The van der Waals surface area contributed by atoms with Crippen molar-refractivity contribution in [3.8, 4) is 28.4 Å². The fourth-order valence-corrected chi connectivity index (χ4v) is 7.05. The van der Waals surface area contributed by atoms with Crippen LogP contribution in [0.5, 0.6) is 17.2 Å². The molecule has 0 spiro atoms. The summed E-state index contributed by atoms with van der Waals surface area (Å²) in [5.41, 5.74) is 7.46. The molecule has 3 aromatic carbocycles. The maximum absolute atomic E-state index is 11.5. The number of hydrogen-bond acceptors (Lipinski definition) is 7. The van der Waals surface area contributed by atoms with Crippen LogP contribution in [0, 0.1) is 6.92 Å². The van der Waals surface area contributed by atoms with Crippen molar-refractivity contribution in [3.63, 3.8) is 0 Å². The molecule has 1 aliphatic heterocycles. The molecule has 0 radical (unpaired) electrons. The Bertz CT molecular complexity index is 1540. The van der Waals surface area contributed by atoms with Gasteiger partial charge >= 0.3 is 5.97 Å². The van der Waals surface area contributed by atoms with Gasteiger partial charge in [0, 0.05) is 43.2 Å². The van der Waals surface area contributed by atoms with Crippen LogP contribution in [-0.2, 0) is 22.5 Å². The van der Waals surface area contributed by atoms with Crippen molar-refractivity contribution < 1.29 is 23.7 Å². The predicted molar refractivity (Wildman–Crippen MR) is 189 cm³/mol. The van der Waals surface area contributed by atoms with E-state index in [0.29, 0.717) is 42.5 Å². The number of methoxy groups -OCH3 is 1. The van der Waals surface area contributed by atoms with Crippen LogP contribution >= 0.6 is 11.6 Å². The van der Waals surface area contributed by atoms with Gasteiger partial charge in [0.15, 0.2) is 0 Å². The van der Waals surface area contributed by atoms with E-state index in [0.717, 1.165) is 55.8 Å². The Labute approximate surface area is 286 Å². The lowest BCUT2D eigenvalue weighted by Crippen LogP contribution is -2.55. The third kappa shape index (κ3) is 8.43. The number of hydrogen-bond donors (Lipinski definition) is 0. The first kappa shape index (κ1) is 35.1. The predicted octanol–water partition coefficient (Wildman–Crippen LogP) is 8.42. The lowest BCUT2D eigenvalue weighted by Gasteiger charge is -2.48. The zero-order chi connectivity index (χ0) is 33.6. The van der Waals surface area contributed by atoms with Crippen molar-refractivity contribution in [3.05, 3.63) is 75.8 Å². The Morgan fingerprint density at radius 2 is 1.83 bits per heavy atom. The molecule has 1 heterocycles. The van der Waals surface area contributed by atoms with Crippen molar-refractivity contribution in [2.45, 2.75) is 84.4 Å². The van der Waals surface area contributed by atoms with Crippen molar-refractivity contribution in [1.29, 1.82) is 0 Å². The summed E-state index contributed by atoms with van der Waals surface area (Å²) in [7, 11) is 3.44. The Balaban J connectivity index is 1.27. The topological polar surface area (TPSA) is 60.5 Å². The highest BCUT2D eigenvalue weighted by Gasteiger charge is 2.35. The minimum atomic E-state index is -0.191. The maximum atomic E-state index is 11.5. The SMILES string of the molecule is CCOc1cc(O[C@H]2CCc3c(-c4cccc(OCCCN5CCC5(C)C)c4C)cccc32)c(Cl)cc1CN(C)CCCC(=O)OC. The number of benzene rings is 3. The van der Waals surface area contributed by atoms with E-state index >= 15 is 0 Å². The van der Waals surface area contributed by atoms with E-state index in [4.69, 9.17) is 30.5 Å². The van der Waals surface area contributed by atoms with E-state index in [9.17, 15) is 4.79 Å². The lowest BCUT2D eigenvalue weighted by atomic mass is 9.89. The Morgan fingerprint density at radius 3 is 2.55 bits per heavy atom. The minimum absolute atomic E-state index is 0.103. The Hall–Kier alpha value is -3.26. The molecule has 47 heavy (non-hydrogen) atoms. The third-order valence-corrected chi connectivity index (χ3v) is 10.0. The summed E-state index contributed by atoms with van der Waals surface area (Å²) in [4.78, 5) is 16.2. The van der Waals surface area contributed by atoms with Gasteiger partial charge in [-0.15, -0.1) is 0 Å². The van der Waals surface area contributed by atoms with Crippen LogP contribution in [0.25, 0.3) is 11.1 Å². The first-order valence-corrected chi connectivity index (χ1v) is 17.5. The molecule has 0 saturated carbocycles. The second-order valence-electron chi connectivity index (χ2n) is 13.4. The van der Waals surface area contributed by atoms with Gasteiger partial charge in [0.05, 0.1) is 25.3 Å². The first-order valence-electron chi connectivity index (χ1n) is 17.1. The molecular weight excluding hydrogens is 612 g/mol. The van der Waals surface area contributed by atoms with Gasteiger partial charge in [-0.2, -0.15) is 0 Å². The summed E-state index contributed by atoms with van der Waals surface area (Å²) in [5, 5.41) is 0.564. The summed E-state index contributed by atoms with van der Waals surface area (Å²) in [5.74, 6) is 2.16. The van der Waals surface area contributed by atoms with Gasteiger partial charge in [-0.3, -0.25) is 9.69 Å². The van der Waals surface area contributed by atoms with E-state index < -0.39 is 0 Å². The molecule has 1 atom stereocenters. The summed E-state index contributed by atoms with van der Waals surface area (Å²) in [6.45, 7) is 13.7. The fourth-order valence-electron chi connectivity index (χ4n) is 6.82. The maximum Gasteiger partial charge on any atom is 0.305 e. The van der Waals surface area contributed by atoms with Gasteiger partial charge in [0.25, 0.3) is 0 Å². The van der Waals surface area contributed by atoms with Gasteiger partial charge in [-0.05, 0) is 113 Å². The van der Waals surface area contributed by atoms with Gasteiger partial charge < -0.3 is 23.8 Å². The molecule has 254 valence electrons. The van der Waals surface area contributed by atoms with Crippen molar-refractivity contribution >= 4 is 17.6 Å². The van der Waals surface area contributed by atoms with E-state index in [1.807, 2.05) is 26.1 Å².